The predicted molar refractivity (Wildman–Crippen MR) is 94.1 cm³/mol. The molecule has 2 N–H and O–H groups in total. The van der Waals surface area contributed by atoms with Gasteiger partial charge < -0.3 is 15.2 Å². The zero-order chi connectivity index (χ0) is 16.9. The summed E-state index contributed by atoms with van der Waals surface area (Å²) in [7, 11) is 1.51. The second-order valence-corrected chi connectivity index (χ2v) is 7.08. The van der Waals surface area contributed by atoms with E-state index in [0.717, 1.165) is 24.3 Å². The number of ether oxygens (including phenoxy) is 1. The van der Waals surface area contributed by atoms with E-state index >= 15 is 0 Å². The van der Waals surface area contributed by atoms with Crippen LogP contribution in [0.2, 0.25) is 0 Å². The zero-order valence-electron chi connectivity index (χ0n) is 14.3. The van der Waals surface area contributed by atoms with Crippen molar-refractivity contribution in [3.05, 3.63) is 35.9 Å². The fourth-order valence-electron chi connectivity index (χ4n) is 3.36. The van der Waals surface area contributed by atoms with Crippen molar-refractivity contribution in [1.29, 1.82) is 0 Å². The first kappa shape index (κ1) is 16.9. The summed E-state index contributed by atoms with van der Waals surface area (Å²) in [6, 6.07) is 5.34. The van der Waals surface area contributed by atoms with Gasteiger partial charge in [-0.05, 0) is 68.1 Å². The number of carbonyl (C=O) groups excluding carboxylic acids is 1. The summed E-state index contributed by atoms with van der Waals surface area (Å²) >= 11 is 0. The predicted octanol–water partition coefficient (Wildman–Crippen LogP) is 3.58. The third kappa shape index (κ3) is 4.76. The molecule has 0 saturated heterocycles. The molecule has 1 aromatic carbocycles. The van der Waals surface area contributed by atoms with Crippen molar-refractivity contribution < 1.29 is 14.6 Å². The lowest BCUT2D eigenvalue weighted by molar-refractivity contribution is -0.121. The van der Waals surface area contributed by atoms with Gasteiger partial charge in [0.1, 0.15) is 0 Å². The number of methoxy groups -OCH3 is 1. The molecule has 0 aromatic heterocycles. The standard InChI is InChI=1S/C20H27NO3/c1-24-19-12-16(8-11-18(19)22)13-20(23)21-17-9-6-15(7-10-17)5-4-14-2-3-14/h4-5,8,11-12,14-15,17,22H,2-3,6-7,9-10,13H2,1H3,(H,21,23)/b5-4+. The van der Waals surface area contributed by atoms with Gasteiger partial charge in [-0.2, -0.15) is 0 Å². The van der Waals surface area contributed by atoms with Gasteiger partial charge >= 0.3 is 0 Å². The fraction of sp³-hybridized carbons (Fsp3) is 0.550. The van der Waals surface area contributed by atoms with E-state index < -0.39 is 0 Å². The highest BCUT2D eigenvalue weighted by molar-refractivity contribution is 5.79. The summed E-state index contributed by atoms with van der Waals surface area (Å²) in [6.07, 6.45) is 12.3. The van der Waals surface area contributed by atoms with Crippen molar-refractivity contribution in [1.82, 2.24) is 5.32 Å². The molecular weight excluding hydrogens is 302 g/mol. The number of phenols is 1. The van der Waals surface area contributed by atoms with Crippen molar-refractivity contribution in [2.75, 3.05) is 7.11 Å². The van der Waals surface area contributed by atoms with E-state index in [1.807, 2.05) is 0 Å². The molecular formula is C20H27NO3. The maximum absolute atomic E-state index is 12.2. The van der Waals surface area contributed by atoms with Crippen LogP contribution in [0.25, 0.3) is 0 Å². The number of allylic oxidation sites excluding steroid dienone is 2. The first-order valence-corrected chi connectivity index (χ1v) is 8.97. The average molecular weight is 329 g/mol. The SMILES string of the molecule is COc1cc(CC(=O)NC2CCC(/C=C/C3CC3)CC2)ccc1O. The van der Waals surface area contributed by atoms with Crippen LogP contribution in [0.5, 0.6) is 11.5 Å². The summed E-state index contributed by atoms with van der Waals surface area (Å²) < 4.78 is 5.08. The molecule has 0 aliphatic heterocycles. The van der Waals surface area contributed by atoms with E-state index in [2.05, 4.69) is 17.5 Å². The molecule has 2 saturated carbocycles. The van der Waals surface area contributed by atoms with Crippen molar-refractivity contribution in [2.45, 2.75) is 51.0 Å². The number of rotatable bonds is 6. The van der Waals surface area contributed by atoms with Crippen molar-refractivity contribution in [3.63, 3.8) is 0 Å². The third-order valence-corrected chi connectivity index (χ3v) is 5.02. The van der Waals surface area contributed by atoms with Crippen molar-refractivity contribution in [3.8, 4) is 11.5 Å². The molecule has 2 aliphatic rings. The Bertz CT molecular complexity index is 599. The van der Waals surface area contributed by atoms with Crippen molar-refractivity contribution >= 4 is 5.91 Å². The molecule has 1 aromatic rings. The van der Waals surface area contributed by atoms with E-state index in [1.54, 1.807) is 18.2 Å². The van der Waals surface area contributed by atoms with Gasteiger partial charge in [-0.3, -0.25) is 4.79 Å². The summed E-state index contributed by atoms with van der Waals surface area (Å²) in [5.41, 5.74) is 0.850. The third-order valence-electron chi connectivity index (χ3n) is 5.02. The van der Waals surface area contributed by atoms with Gasteiger partial charge in [-0.15, -0.1) is 0 Å². The van der Waals surface area contributed by atoms with E-state index in [9.17, 15) is 9.90 Å². The Morgan fingerprint density at radius 2 is 1.79 bits per heavy atom. The van der Waals surface area contributed by atoms with Crippen LogP contribution in [-0.4, -0.2) is 24.2 Å². The Labute approximate surface area is 143 Å². The molecule has 4 heteroatoms. The Morgan fingerprint density at radius 1 is 1.17 bits per heavy atom. The number of aromatic hydroxyl groups is 1. The summed E-state index contributed by atoms with van der Waals surface area (Å²) in [4.78, 5) is 12.2. The molecule has 0 radical (unpaired) electrons. The molecule has 0 atom stereocenters. The Balaban J connectivity index is 1.44. The first-order valence-electron chi connectivity index (χ1n) is 8.97. The second kappa shape index (κ2) is 7.73. The lowest BCUT2D eigenvalue weighted by Crippen LogP contribution is -2.38. The second-order valence-electron chi connectivity index (χ2n) is 7.08. The monoisotopic (exact) mass is 329 g/mol. The van der Waals surface area contributed by atoms with Crippen molar-refractivity contribution in [2.24, 2.45) is 11.8 Å². The average Bonchev–Trinajstić information content (AvgIpc) is 3.40. The molecule has 0 heterocycles. The normalized spacial score (nSPS) is 24.0. The summed E-state index contributed by atoms with van der Waals surface area (Å²) in [5.74, 6) is 2.09. The van der Waals surface area contributed by atoms with Crippen LogP contribution in [0, 0.1) is 11.8 Å². The van der Waals surface area contributed by atoms with E-state index in [1.165, 1.54) is 32.8 Å². The van der Waals surface area contributed by atoms with Crippen LogP contribution in [-0.2, 0) is 11.2 Å². The molecule has 130 valence electrons. The number of amides is 1. The Kier molecular flexibility index (Phi) is 5.44. The van der Waals surface area contributed by atoms with Gasteiger partial charge in [0.25, 0.3) is 0 Å². The number of hydrogen-bond donors (Lipinski definition) is 2. The van der Waals surface area contributed by atoms with Crippen LogP contribution in [0.15, 0.2) is 30.4 Å². The first-order chi connectivity index (χ1) is 11.6. The van der Waals surface area contributed by atoms with Gasteiger partial charge in [0, 0.05) is 6.04 Å². The molecule has 3 rings (SSSR count). The molecule has 2 fully saturated rings. The topological polar surface area (TPSA) is 58.6 Å². The molecule has 0 unspecified atom stereocenters. The van der Waals surface area contributed by atoms with Crippen LogP contribution < -0.4 is 10.1 Å². The van der Waals surface area contributed by atoms with Crippen LogP contribution in [0.4, 0.5) is 0 Å². The highest BCUT2D eigenvalue weighted by Crippen LogP contribution is 2.32. The highest BCUT2D eigenvalue weighted by Gasteiger charge is 2.23. The van der Waals surface area contributed by atoms with Gasteiger partial charge in [0.2, 0.25) is 5.91 Å². The van der Waals surface area contributed by atoms with Gasteiger partial charge in [0.15, 0.2) is 11.5 Å². The Morgan fingerprint density at radius 3 is 2.38 bits per heavy atom. The number of nitrogens with one attached hydrogen (secondary N) is 1. The molecule has 4 nitrogen and oxygen atoms in total. The van der Waals surface area contributed by atoms with Gasteiger partial charge in [0.05, 0.1) is 13.5 Å². The minimum absolute atomic E-state index is 0.0414. The van der Waals surface area contributed by atoms with Gasteiger partial charge in [-0.1, -0.05) is 18.2 Å². The molecule has 0 spiro atoms. The summed E-state index contributed by atoms with van der Waals surface area (Å²) in [5, 5.41) is 12.8. The largest absolute Gasteiger partial charge is 0.504 e. The number of carbonyl (C=O) groups is 1. The summed E-state index contributed by atoms with van der Waals surface area (Å²) in [6.45, 7) is 0. The van der Waals surface area contributed by atoms with Crippen LogP contribution in [0.3, 0.4) is 0 Å². The minimum atomic E-state index is 0.0414. The van der Waals surface area contributed by atoms with Crippen LogP contribution in [0.1, 0.15) is 44.1 Å². The molecule has 0 bridgehead atoms. The fourth-order valence-corrected chi connectivity index (χ4v) is 3.36. The highest BCUT2D eigenvalue weighted by atomic mass is 16.5. The number of hydrogen-bond acceptors (Lipinski definition) is 3. The molecule has 2 aliphatic carbocycles. The molecule has 1 amide bonds. The Hall–Kier alpha value is -1.97. The van der Waals surface area contributed by atoms with E-state index in [-0.39, 0.29) is 11.7 Å². The smallest absolute Gasteiger partial charge is 0.224 e. The van der Waals surface area contributed by atoms with E-state index in [4.69, 9.17) is 4.74 Å². The zero-order valence-corrected chi connectivity index (χ0v) is 14.3. The number of phenolic OH excluding ortho intramolecular Hbond substituents is 1. The quantitative estimate of drug-likeness (QED) is 0.784. The minimum Gasteiger partial charge on any atom is -0.504 e. The molecule has 24 heavy (non-hydrogen) atoms. The lowest BCUT2D eigenvalue weighted by atomic mass is 9.85. The lowest BCUT2D eigenvalue weighted by Gasteiger charge is -2.27. The number of benzene rings is 1. The van der Waals surface area contributed by atoms with Gasteiger partial charge in [-0.25, -0.2) is 0 Å². The van der Waals surface area contributed by atoms with Crippen LogP contribution >= 0.6 is 0 Å². The maximum Gasteiger partial charge on any atom is 0.224 e. The van der Waals surface area contributed by atoms with E-state index in [0.29, 0.717) is 24.1 Å². The maximum atomic E-state index is 12.2.